The van der Waals surface area contributed by atoms with E-state index in [-0.39, 0.29) is 17.5 Å². The SMILES string of the molecule is O=C(C1CCOCC1)N1CCc2cc(Br)cc([N+](=O)[O-])c21. The Kier molecular flexibility index (Phi) is 3.95. The third kappa shape index (κ3) is 2.67. The molecular formula is C14H15BrN2O4. The molecule has 112 valence electrons. The molecule has 0 radical (unpaired) electrons. The van der Waals surface area contributed by atoms with E-state index in [1.165, 1.54) is 6.07 Å². The van der Waals surface area contributed by atoms with Gasteiger partial charge in [0.05, 0.1) is 4.92 Å². The van der Waals surface area contributed by atoms with Gasteiger partial charge < -0.3 is 9.64 Å². The number of anilines is 1. The highest BCUT2D eigenvalue weighted by molar-refractivity contribution is 9.10. The first-order valence-electron chi connectivity index (χ1n) is 6.94. The van der Waals surface area contributed by atoms with Crippen LogP contribution in [0.3, 0.4) is 0 Å². The third-order valence-corrected chi connectivity index (χ3v) is 4.50. The minimum atomic E-state index is -0.417. The minimum absolute atomic E-state index is 0.00251. The molecule has 6 nitrogen and oxygen atoms in total. The van der Waals surface area contributed by atoms with Gasteiger partial charge in [0.25, 0.3) is 5.69 Å². The van der Waals surface area contributed by atoms with E-state index in [1.807, 2.05) is 6.07 Å². The summed E-state index contributed by atoms with van der Waals surface area (Å²) in [4.78, 5) is 25.1. The summed E-state index contributed by atoms with van der Waals surface area (Å²) < 4.78 is 5.95. The lowest BCUT2D eigenvalue weighted by Gasteiger charge is -2.26. The van der Waals surface area contributed by atoms with Gasteiger partial charge >= 0.3 is 0 Å². The van der Waals surface area contributed by atoms with E-state index in [0.29, 0.717) is 49.2 Å². The zero-order chi connectivity index (χ0) is 15.0. The molecule has 0 bridgehead atoms. The number of nitrogens with zero attached hydrogens (tertiary/aromatic N) is 2. The number of hydrogen-bond acceptors (Lipinski definition) is 4. The number of carbonyl (C=O) groups is 1. The van der Waals surface area contributed by atoms with Crippen molar-refractivity contribution in [3.63, 3.8) is 0 Å². The van der Waals surface area contributed by atoms with E-state index in [0.717, 1.165) is 5.56 Å². The predicted octanol–water partition coefficient (Wildman–Crippen LogP) is 2.67. The van der Waals surface area contributed by atoms with E-state index in [2.05, 4.69) is 15.9 Å². The van der Waals surface area contributed by atoms with Crippen LogP contribution in [0.4, 0.5) is 11.4 Å². The van der Waals surface area contributed by atoms with Crippen molar-refractivity contribution in [3.05, 3.63) is 32.3 Å². The van der Waals surface area contributed by atoms with Crippen molar-refractivity contribution in [1.82, 2.24) is 0 Å². The Morgan fingerprint density at radius 3 is 2.76 bits per heavy atom. The molecule has 0 spiro atoms. The van der Waals surface area contributed by atoms with Gasteiger partial charge in [0, 0.05) is 36.2 Å². The summed E-state index contributed by atoms with van der Waals surface area (Å²) in [5.41, 5.74) is 1.33. The molecule has 2 aliphatic rings. The van der Waals surface area contributed by atoms with Crippen molar-refractivity contribution in [1.29, 1.82) is 0 Å². The second-order valence-corrected chi connectivity index (χ2v) is 6.23. The van der Waals surface area contributed by atoms with Gasteiger partial charge in [0.15, 0.2) is 0 Å². The molecule has 0 atom stereocenters. The molecule has 2 heterocycles. The van der Waals surface area contributed by atoms with Gasteiger partial charge in [0.1, 0.15) is 5.69 Å². The van der Waals surface area contributed by atoms with Crippen LogP contribution in [0.15, 0.2) is 16.6 Å². The predicted molar refractivity (Wildman–Crippen MR) is 80.4 cm³/mol. The maximum absolute atomic E-state index is 12.7. The van der Waals surface area contributed by atoms with Gasteiger partial charge in [-0.3, -0.25) is 14.9 Å². The van der Waals surface area contributed by atoms with Crippen LogP contribution in [0.25, 0.3) is 0 Å². The summed E-state index contributed by atoms with van der Waals surface area (Å²) in [6.45, 7) is 1.68. The zero-order valence-electron chi connectivity index (χ0n) is 11.4. The van der Waals surface area contributed by atoms with E-state index >= 15 is 0 Å². The Balaban J connectivity index is 1.95. The molecule has 1 fully saturated rings. The Morgan fingerprint density at radius 2 is 2.10 bits per heavy atom. The lowest BCUT2D eigenvalue weighted by molar-refractivity contribution is -0.384. The van der Waals surface area contributed by atoms with Crippen molar-refractivity contribution in [3.8, 4) is 0 Å². The second kappa shape index (κ2) is 5.73. The fourth-order valence-electron chi connectivity index (χ4n) is 3.01. The number of halogens is 1. The summed E-state index contributed by atoms with van der Waals surface area (Å²) in [5.74, 6) is -0.101. The Bertz CT molecular complexity index is 599. The molecule has 1 aromatic carbocycles. The molecule has 1 saturated heterocycles. The molecule has 21 heavy (non-hydrogen) atoms. The summed E-state index contributed by atoms with van der Waals surface area (Å²) in [7, 11) is 0. The van der Waals surface area contributed by atoms with Crippen LogP contribution in [0, 0.1) is 16.0 Å². The van der Waals surface area contributed by atoms with Crippen LogP contribution in [-0.4, -0.2) is 30.6 Å². The molecule has 0 saturated carbocycles. The highest BCUT2D eigenvalue weighted by Crippen LogP contribution is 2.40. The van der Waals surface area contributed by atoms with Crippen LogP contribution in [0.5, 0.6) is 0 Å². The minimum Gasteiger partial charge on any atom is -0.381 e. The van der Waals surface area contributed by atoms with E-state index in [9.17, 15) is 14.9 Å². The molecular weight excluding hydrogens is 340 g/mol. The maximum Gasteiger partial charge on any atom is 0.294 e. The van der Waals surface area contributed by atoms with Gasteiger partial charge in [-0.1, -0.05) is 15.9 Å². The van der Waals surface area contributed by atoms with Gasteiger partial charge in [0.2, 0.25) is 5.91 Å². The Morgan fingerprint density at radius 1 is 1.38 bits per heavy atom. The first-order valence-corrected chi connectivity index (χ1v) is 7.73. The van der Waals surface area contributed by atoms with Crippen LogP contribution >= 0.6 is 15.9 Å². The number of carbonyl (C=O) groups excluding carboxylic acids is 1. The molecule has 7 heteroatoms. The van der Waals surface area contributed by atoms with Gasteiger partial charge in [-0.05, 0) is 30.9 Å². The standard InChI is InChI=1S/C14H15BrN2O4/c15-11-7-10-1-4-16(13(10)12(8-11)17(19)20)14(18)9-2-5-21-6-3-9/h7-9H,1-6H2. The van der Waals surface area contributed by atoms with Crippen molar-refractivity contribution in [2.75, 3.05) is 24.7 Å². The summed E-state index contributed by atoms with van der Waals surface area (Å²) >= 11 is 3.29. The summed E-state index contributed by atoms with van der Waals surface area (Å²) in [6.07, 6.45) is 2.04. The molecule has 1 aromatic rings. The molecule has 0 N–H and O–H groups in total. The monoisotopic (exact) mass is 354 g/mol. The number of ether oxygens (including phenoxy) is 1. The number of rotatable bonds is 2. The average Bonchev–Trinajstić information content (AvgIpc) is 2.90. The lowest BCUT2D eigenvalue weighted by atomic mass is 9.98. The number of benzene rings is 1. The average molecular weight is 355 g/mol. The van der Waals surface area contributed by atoms with Crippen molar-refractivity contribution in [2.45, 2.75) is 19.3 Å². The van der Waals surface area contributed by atoms with Crippen LogP contribution in [-0.2, 0) is 16.0 Å². The van der Waals surface area contributed by atoms with Crippen molar-refractivity contribution >= 4 is 33.2 Å². The van der Waals surface area contributed by atoms with Crippen LogP contribution in [0.1, 0.15) is 18.4 Å². The van der Waals surface area contributed by atoms with Crippen LogP contribution < -0.4 is 4.90 Å². The number of fused-ring (bicyclic) bond motifs is 1. The smallest absolute Gasteiger partial charge is 0.294 e. The molecule has 1 amide bonds. The van der Waals surface area contributed by atoms with Crippen LogP contribution in [0.2, 0.25) is 0 Å². The summed E-state index contributed by atoms with van der Waals surface area (Å²) in [6, 6.07) is 3.33. The van der Waals surface area contributed by atoms with E-state index < -0.39 is 4.92 Å². The molecule has 3 rings (SSSR count). The summed E-state index contributed by atoms with van der Waals surface area (Å²) in [5, 5.41) is 11.3. The molecule has 0 aliphatic carbocycles. The zero-order valence-corrected chi connectivity index (χ0v) is 13.0. The number of nitro benzene ring substituents is 1. The molecule has 2 aliphatic heterocycles. The highest BCUT2D eigenvalue weighted by atomic mass is 79.9. The fourth-order valence-corrected chi connectivity index (χ4v) is 3.50. The van der Waals surface area contributed by atoms with Gasteiger partial charge in [-0.15, -0.1) is 0 Å². The first-order chi connectivity index (χ1) is 10.1. The second-order valence-electron chi connectivity index (χ2n) is 5.32. The van der Waals surface area contributed by atoms with E-state index in [4.69, 9.17) is 4.74 Å². The number of amides is 1. The first kappa shape index (κ1) is 14.5. The van der Waals surface area contributed by atoms with Gasteiger partial charge in [-0.2, -0.15) is 0 Å². The molecule has 0 aromatic heterocycles. The van der Waals surface area contributed by atoms with Crippen molar-refractivity contribution in [2.24, 2.45) is 5.92 Å². The number of hydrogen-bond donors (Lipinski definition) is 0. The Labute approximate surface area is 130 Å². The van der Waals surface area contributed by atoms with E-state index in [1.54, 1.807) is 4.90 Å². The molecule has 0 unspecified atom stereocenters. The maximum atomic E-state index is 12.7. The van der Waals surface area contributed by atoms with Crippen molar-refractivity contribution < 1.29 is 14.5 Å². The lowest BCUT2D eigenvalue weighted by Crippen LogP contribution is -2.37. The fraction of sp³-hybridized carbons (Fsp3) is 0.500. The van der Waals surface area contributed by atoms with Gasteiger partial charge in [-0.25, -0.2) is 0 Å². The normalized spacial score (nSPS) is 18.6. The largest absolute Gasteiger partial charge is 0.381 e. The third-order valence-electron chi connectivity index (χ3n) is 4.04. The topological polar surface area (TPSA) is 72.7 Å². The quantitative estimate of drug-likeness (QED) is 0.604. The Hall–Kier alpha value is -1.47. The number of nitro groups is 1. The highest BCUT2D eigenvalue weighted by Gasteiger charge is 2.36.